The highest BCUT2D eigenvalue weighted by molar-refractivity contribution is 5.90. The Morgan fingerprint density at radius 3 is 2.52 bits per heavy atom. The predicted molar refractivity (Wildman–Crippen MR) is 90.4 cm³/mol. The molecular formula is C18H25N3O2. The van der Waals surface area contributed by atoms with Crippen LogP contribution in [0.4, 0.5) is 10.5 Å². The van der Waals surface area contributed by atoms with Crippen LogP contribution in [0.3, 0.4) is 0 Å². The Bertz CT molecular complexity index is 618. The lowest BCUT2D eigenvalue weighted by molar-refractivity contribution is -0.119. The number of anilines is 1. The smallest absolute Gasteiger partial charge is 0.321 e. The highest BCUT2D eigenvalue weighted by Crippen LogP contribution is 2.36. The Morgan fingerprint density at radius 1 is 1.26 bits per heavy atom. The Balaban J connectivity index is 1.61. The van der Waals surface area contributed by atoms with Gasteiger partial charge in [0.15, 0.2) is 0 Å². The second kappa shape index (κ2) is 5.55. The molecular weight excluding hydrogens is 290 g/mol. The van der Waals surface area contributed by atoms with Gasteiger partial charge in [-0.05, 0) is 29.5 Å². The Hall–Kier alpha value is -2.04. The van der Waals surface area contributed by atoms with Gasteiger partial charge in [-0.2, -0.15) is 0 Å². The molecule has 3 amide bonds. The first-order valence-electron chi connectivity index (χ1n) is 8.21. The van der Waals surface area contributed by atoms with Gasteiger partial charge in [0.2, 0.25) is 5.91 Å². The molecule has 124 valence electrons. The number of nitrogens with zero attached hydrogens (tertiary/aromatic N) is 1. The molecule has 2 N–H and O–H groups in total. The molecule has 1 aromatic rings. The molecule has 1 aromatic carbocycles. The predicted octanol–water partition coefficient (Wildman–Crippen LogP) is 2.73. The van der Waals surface area contributed by atoms with Crippen molar-refractivity contribution in [3.8, 4) is 0 Å². The van der Waals surface area contributed by atoms with Crippen molar-refractivity contribution in [2.45, 2.75) is 39.0 Å². The zero-order valence-corrected chi connectivity index (χ0v) is 14.1. The average molecular weight is 315 g/mol. The van der Waals surface area contributed by atoms with Crippen molar-refractivity contribution in [1.82, 2.24) is 10.2 Å². The first-order valence-corrected chi connectivity index (χ1v) is 8.21. The summed E-state index contributed by atoms with van der Waals surface area (Å²) >= 11 is 0. The topological polar surface area (TPSA) is 61.4 Å². The quantitative estimate of drug-likeness (QED) is 0.837. The largest absolute Gasteiger partial charge is 0.355 e. The van der Waals surface area contributed by atoms with Gasteiger partial charge in [-0.1, -0.05) is 32.9 Å². The Kier molecular flexibility index (Phi) is 3.82. The number of carbonyl (C=O) groups is 2. The van der Waals surface area contributed by atoms with Crippen LogP contribution in [0.15, 0.2) is 24.3 Å². The summed E-state index contributed by atoms with van der Waals surface area (Å²) in [6.45, 7) is 8.55. The number of likely N-dealkylation sites (tertiary alicyclic amines) is 1. The summed E-state index contributed by atoms with van der Waals surface area (Å²) in [6.07, 6.45) is 1.43. The molecule has 0 bridgehead atoms. The number of urea groups is 1. The molecule has 0 saturated carbocycles. The highest BCUT2D eigenvalue weighted by Gasteiger charge is 2.45. The number of hydrogen-bond acceptors (Lipinski definition) is 2. The number of amides is 3. The fraction of sp³-hybridized carbons (Fsp3) is 0.556. The van der Waals surface area contributed by atoms with Crippen LogP contribution >= 0.6 is 0 Å². The van der Waals surface area contributed by atoms with Gasteiger partial charge in [-0.25, -0.2) is 4.79 Å². The first-order chi connectivity index (χ1) is 10.8. The van der Waals surface area contributed by atoms with E-state index in [-0.39, 0.29) is 22.8 Å². The summed E-state index contributed by atoms with van der Waals surface area (Å²) in [6, 6.07) is 7.93. The number of nitrogens with one attached hydrogen (secondary N) is 2. The third kappa shape index (κ3) is 3.33. The molecule has 1 spiro atoms. The average Bonchev–Trinajstić information content (AvgIpc) is 3.05. The van der Waals surface area contributed by atoms with Crippen LogP contribution in [0.1, 0.15) is 39.2 Å². The van der Waals surface area contributed by atoms with Crippen LogP contribution in [0.2, 0.25) is 0 Å². The molecule has 2 aliphatic rings. The van der Waals surface area contributed by atoms with Crippen molar-refractivity contribution >= 4 is 17.6 Å². The summed E-state index contributed by atoms with van der Waals surface area (Å²) in [7, 11) is 0. The lowest BCUT2D eigenvalue weighted by Gasteiger charge is -2.22. The molecule has 5 heteroatoms. The van der Waals surface area contributed by atoms with Crippen molar-refractivity contribution < 1.29 is 9.59 Å². The molecule has 0 radical (unpaired) electrons. The summed E-state index contributed by atoms with van der Waals surface area (Å²) in [5.74, 6) is 0.102. The van der Waals surface area contributed by atoms with Gasteiger partial charge in [0.1, 0.15) is 0 Å². The van der Waals surface area contributed by atoms with Crippen molar-refractivity contribution in [3.05, 3.63) is 29.8 Å². The van der Waals surface area contributed by atoms with E-state index in [4.69, 9.17) is 0 Å². The molecule has 23 heavy (non-hydrogen) atoms. The number of carbonyl (C=O) groups excluding carboxylic acids is 2. The molecule has 2 fully saturated rings. The first kappa shape index (κ1) is 15.8. The fourth-order valence-corrected chi connectivity index (χ4v) is 3.40. The van der Waals surface area contributed by atoms with E-state index in [0.29, 0.717) is 26.1 Å². The van der Waals surface area contributed by atoms with Gasteiger partial charge in [0, 0.05) is 37.2 Å². The summed E-state index contributed by atoms with van der Waals surface area (Å²) in [4.78, 5) is 25.7. The maximum absolute atomic E-state index is 12.4. The zero-order chi connectivity index (χ0) is 16.7. The third-order valence-corrected chi connectivity index (χ3v) is 4.92. The van der Waals surface area contributed by atoms with Gasteiger partial charge in [-0.3, -0.25) is 4.79 Å². The van der Waals surface area contributed by atoms with Gasteiger partial charge < -0.3 is 15.5 Å². The van der Waals surface area contributed by atoms with Crippen molar-refractivity contribution in [2.24, 2.45) is 5.41 Å². The second-order valence-electron chi connectivity index (χ2n) is 7.88. The minimum Gasteiger partial charge on any atom is -0.355 e. The molecule has 5 nitrogen and oxygen atoms in total. The molecule has 1 unspecified atom stereocenters. The van der Waals surface area contributed by atoms with E-state index in [9.17, 15) is 9.59 Å². The highest BCUT2D eigenvalue weighted by atomic mass is 16.2. The van der Waals surface area contributed by atoms with Crippen LogP contribution < -0.4 is 10.6 Å². The minimum absolute atomic E-state index is 0.0511. The number of benzene rings is 1. The normalized spacial score (nSPS) is 24.1. The Labute approximate surface area is 137 Å². The molecule has 3 rings (SSSR count). The standard InChI is InChI=1S/C18H25N3O2/c1-17(2,3)13-4-6-14(7-5-13)20-16(23)21-9-8-18(12-21)10-15(22)19-11-18/h4-7H,8-12H2,1-3H3,(H,19,22)(H,20,23). The lowest BCUT2D eigenvalue weighted by Crippen LogP contribution is -2.36. The zero-order valence-electron chi connectivity index (χ0n) is 14.1. The van der Waals surface area contributed by atoms with Crippen LogP contribution in [-0.4, -0.2) is 36.5 Å². The van der Waals surface area contributed by atoms with Crippen LogP contribution in [-0.2, 0) is 10.2 Å². The number of rotatable bonds is 1. The van der Waals surface area contributed by atoms with E-state index in [1.165, 1.54) is 5.56 Å². The molecule has 2 aliphatic heterocycles. The molecule has 2 saturated heterocycles. The van der Waals surface area contributed by atoms with E-state index >= 15 is 0 Å². The maximum Gasteiger partial charge on any atom is 0.321 e. The number of hydrogen-bond donors (Lipinski definition) is 2. The minimum atomic E-state index is -0.0790. The molecule has 0 aliphatic carbocycles. The summed E-state index contributed by atoms with van der Waals surface area (Å²) < 4.78 is 0. The summed E-state index contributed by atoms with van der Waals surface area (Å²) in [5, 5.41) is 5.85. The molecule has 1 atom stereocenters. The van der Waals surface area contributed by atoms with Gasteiger partial charge in [0.05, 0.1) is 0 Å². The van der Waals surface area contributed by atoms with Gasteiger partial charge in [-0.15, -0.1) is 0 Å². The Morgan fingerprint density at radius 2 is 1.96 bits per heavy atom. The van der Waals surface area contributed by atoms with E-state index < -0.39 is 0 Å². The monoisotopic (exact) mass is 315 g/mol. The summed E-state index contributed by atoms with van der Waals surface area (Å²) in [5.41, 5.74) is 2.10. The van der Waals surface area contributed by atoms with Crippen LogP contribution in [0, 0.1) is 5.41 Å². The SMILES string of the molecule is CC(C)(C)c1ccc(NC(=O)N2CCC3(CNC(=O)C3)C2)cc1. The fourth-order valence-electron chi connectivity index (χ4n) is 3.40. The van der Waals surface area contributed by atoms with E-state index in [2.05, 4.69) is 43.5 Å². The van der Waals surface area contributed by atoms with E-state index in [1.54, 1.807) is 0 Å². The van der Waals surface area contributed by atoms with Crippen molar-refractivity contribution in [1.29, 1.82) is 0 Å². The van der Waals surface area contributed by atoms with Crippen molar-refractivity contribution in [3.63, 3.8) is 0 Å². The van der Waals surface area contributed by atoms with E-state index in [1.807, 2.05) is 17.0 Å². The maximum atomic E-state index is 12.4. The van der Waals surface area contributed by atoms with Crippen LogP contribution in [0.25, 0.3) is 0 Å². The van der Waals surface area contributed by atoms with E-state index in [0.717, 1.165) is 12.1 Å². The third-order valence-electron chi connectivity index (χ3n) is 4.92. The molecule has 0 aromatic heterocycles. The van der Waals surface area contributed by atoms with Crippen LogP contribution in [0.5, 0.6) is 0 Å². The second-order valence-corrected chi connectivity index (χ2v) is 7.88. The lowest BCUT2D eigenvalue weighted by atomic mass is 9.86. The van der Waals surface area contributed by atoms with Crippen molar-refractivity contribution in [2.75, 3.05) is 25.0 Å². The molecule has 2 heterocycles. The van der Waals surface area contributed by atoms with Gasteiger partial charge in [0.25, 0.3) is 0 Å². The van der Waals surface area contributed by atoms with Gasteiger partial charge >= 0.3 is 6.03 Å².